The standard InChI is InChI=1S/C12H18O2/c1-2-6-3-7(10-5-13-10)8-4-9-12(14-9)11(6)8/h6-12H,2-5H2,1H3. The Morgan fingerprint density at radius 3 is 2.71 bits per heavy atom. The first-order valence-electron chi connectivity index (χ1n) is 6.15. The molecule has 0 aromatic rings. The number of rotatable bonds is 2. The van der Waals surface area contributed by atoms with Crippen molar-refractivity contribution in [2.75, 3.05) is 6.61 Å². The van der Waals surface area contributed by atoms with Gasteiger partial charge < -0.3 is 9.47 Å². The van der Waals surface area contributed by atoms with Crippen LogP contribution in [0.4, 0.5) is 0 Å². The molecule has 14 heavy (non-hydrogen) atoms. The van der Waals surface area contributed by atoms with Crippen molar-refractivity contribution in [3.63, 3.8) is 0 Å². The van der Waals surface area contributed by atoms with Crippen molar-refractivity contribution in [3.8, 4) is 0 Å². The molecule has 0 spiro atoms. The normalized spacial score (nSPS) is 63.6. The van der Waals surface area contributed by atoms with Crippen LogP contribution < -0.4 is 0 Å². The lowest BCUT2D eigenvalue weighted by atomic mass is 9.87. The minimum absolute atomic E-state index is 0.636. The van der Waals surface area contributed by atoms with Gasteiger partial charge >= 0.3 is 0 Å². The summed E-state index contributed by atoms with van der Waals surface area (Å²) < 4.78 is 11.2. The summed E-state index contributed by atoms with van der Waals surface area (Å²) in [5.41, 5.74) is 0. The molecule has 2 nitrogen and oxygen atoms in total. The van der Waals surface area contributed by atoms with Crippen molar-refractivity contribution in [3.05, 3.63) is 0 Å². The fourth-order valence-electron chi connectivity index (χ4n) is 4.28. The fourth-order valence-corrected chi connectivity index (χ4v) is 4.28. The molecule has 2 heteroatoms. The second-order valence-electron chi connectivity index (χ2n) is 5.56. The minimum atomic E-state index is 0.636. The van der Waals surface area contributed by atoms with Crippen LogP contribution in [-0.4, -0.2) is 24.9 Å². The summed E-state index contributed by atoms with van der Waals surface area (Å²) in [5.74, 6) is 3.68. The molecule has 0 aromatic heterocycles. The first-order valence-corrected chi connectivity index (χ1v) is 6.15. The Morgan fingerprint density at radius 1 is 1.14 bits per heavy atom. The second kappa shape index (κ2) is 2.53. The zero-order valence-corrected chi connectivity index (χ0v) is 8.69. The van der Waals surface area contributed by atoms with Crippen molar-refractivity contribution < 1.29 is 9.47 Å². The summed E-state index contributed by atoms with van der Waals surface area (Å²) in [6, 6.07) is 0. The molecule has 4 rings (SSSR count). The number of epoxide rings is 2. The van der Waals surface area contributed by atoms with Crippen LogP contribution in [0, 0.1) is 23.7 Å². The number of ether oxygens (including phenoxy) is 2. The largest absolute Gasteiger partial charge is 0.373 e. The molecule has 2 saturated heterocycles. The molecule has 0 amide bonds. The highest BCUT2D eigenvalue weighted by molar-refractivity contribution is 5.11. The van der Waals surface area contributed by atoms with Crippen LogP contribution in [0.3, 0.4) is 0 Å². The van der Waals surface area contributed by atoms with E-state index in [1.54, 1.807) is 0 Å². The molecule has 0 N–H and O–H groups in total. The average molecular weight is 194 g/mol. The van der Waals surface area contributed by atoms with Gasteiger partial charge in [-0.25, -0.2) is 0 Å². The Kier molecular flexibility index (Phi) is 1.47. The molecule has 2 heterocycles. The van der Waals surface area contributed by atoms with Gasteiger partial charge in [0.15, 0.2) is 0 Å². The van der Waals surface area contributed by atoms with Gasteiger partial charge in [-0.05, 0) is 36.5 Å². The van der Waals surface area contributed by atoms with Gasteiger partial charge in [0.25, 0.3) is 0 Å². The molecular formula is C12H18O2. The highest BCUT2D eigenvalue weighted by atomic mass is 16.6. The molecule has 0 bridgehead atoms. The predicted octanol–water partition coefficient (Wildman–Crippen LogP) is 1.83. The Morgan fingerprint density at radius 2 is 2.00 bits per heavy atom. The third-order valence-corrected chi connectivity index (χ3v) is 5.03. The van der Waals surface area contributed by atoms with Crippen molar-refractivity contribution in [1.29, 1.82) is 0 Å². The fraction of sp³-hybridized carbons (Fsp3) is 1.00. The molecule has 7 unspecified atom stereocenters. The average Bonchev–Trinajstić information content (AvgIpc) is 3.09. The molecule has 7 atom stereocenters. The quantitative estimate of drug-likeness (QED) is 0.627. The zero-order valence-electron chi connectivity index (χ0n) is 8.69. The lowest BCUT2D eigenvalue weighted by Crippen LogP contribution is -2.19. The number of fused-ring (bicyclic) bond motifs is 3. The van der Waals surface area contributed by atoms with Crippen molar-refractivity contribution in [2.24, 2.45) is 23.7 Å². The van der Waals surface area contributed by atoms with E-state index in [4.69, 9.17) is 9.47 Å². The summed E-state index contributed by atoms with van der Waals surface area (Å²) in [4.78, 5) is 0. The Bertz CT molecular complexity index is 261. The topological polar surface area (TPSA) is 25.1 Å². The summed E-state index contributed by atoms with van der Waals surface area (Å²) in [6.07, 6.45) is 6.06. The maximum atomic E-state index is 5.71. The number of hydrogen-bond acceptors (Lipinski definition) is 2. The van der Waals surface area contributed by atoms with Crippen LogP contribution in [0.5, 0.6) is 0 Å². The Balaban J connectivity index is 1.61. The molecule has 4 aliphatic rings. The van der Waals surface area contributed by atoms with E-state index in [1.165, 1.54) is 19.3 Å². The first-order chi connectivity index (χ1) is 6.88. The van der Waals surface area contributed by atoms with Crippen LogP contribution in [0.1, 0.15) is 26.2 Å². The highest BCUT2D eigenvalue weighted by Gasteiger charge is 2.64. The lowest BCUT2D eigenvalue weighted by molar-refractivity contribution is 0.166. The summed E-state index contributed by atoms with van der Waals surface area (Å²) in [7, 11) is 0. The van der Waals surface area contributed by atoms with Crippen LogP contribution >= 0.6 is 0 Å². The lowest BCUT2D eigenvalue weighted by Gasteiger charge is -2.19. The van der Waals surface area contributed by atoms with E-state index in [-0.39, 0.29) is 0 Å². The van der Waals surface area contributed by atoms with E-state index in [0.717, 1.165) is 30.3 Å². The van der Waals surface area contributed by atoms with Crippen molar-refractivity contribution in [2.45, 2.75) is 44.5 Å². The van der Waals surface area contributed by atoms with E-state index in [0.29, 0.717) is 18.3 Å². The van der Waals surface area contributed by atoms with Gasteiger partial charge in [-0.3, -0.25) is 0 Å². The molecule has 0 aromatic carbocycles. The van der Waals surface area contributed by atoms with E-state index >= 15 is 0 Å². The van der Waals surface area contributed by atoms with Crippen molar-refractivity contribution >= 4 is 0 Å². The third kappa shape index (κ3) is 0.938. The summed E-state index contributed by atoms with van der Waals surface area (Å²) in [6.45, 7) is 3.38. The molecule has 2 aliphatic heterocycles. The van der Waals surface area contributed by atoms with Gasteiger partial charge in [0.05, 0.1) is 24.9 Å². The Labute approximate surface area is 85.0 Å². The van der Waals surface area contributed by atoms with Crippen LogP contribution in [0.25, 0.3) is 0 Å². The van der Waals surface area contributed by atoms with Gasteiger partial charge in [0, 0.05) is 0 Å². The summed E-state index contributed by atoms with van der Waals surface area (Å²) in [5, 5.41) is 0. The third-order valence-electron chi connectivity index (χ3n) is 5.03. The van der Waals surface area contributed by atoms with Crippen LogP contribution in [0.2, 0.25) is 0 Å². The van der Waals surface area contributed by atoms with E-state index in [2.05, 4.69) is 6.92 Å². The second-order valence-corrected chi connectivity index (χ2v) is 5.56. The summed E-state index contributed by atoms with van der Waals surface area (Å²) >= 11 is 0. The monoisotopic (exact) mass is 194 g/mol. The van der Waals surface area contributed by atoms with Crippen LogP contribution in [0.15, 0.2) is 0 Å². The molecule has 2 saturated carbocycles. The molecule has 78 valence electrons. The number of hydrogen-bond donors (Lipinski definition) is 0. The van der Waals surface area contributed by atoms with E-state index < -0.39 is 0 Å². The maximum Gasteiger partial charge on any atom is 0.0875 e. The van der Waals surface area contributed by atoms with Gasteiger partial charge in [-0.1, -0.05) is 13.3 Å². The Hall–Kier alpha value is -0.0800. The first kappa shape index (κ1) is 8.12. The highest BCUT2D eigenvalue weighted by Crippen LogP contribution is 2.61. The van der Waals surface area contributed by atoms with Crippen LogP contribution in [-0.2, 0) is 9.47 Å². The van der Waals surface area contributed by atoms with Gasteiger partial charge in [0.2, 0.25) is 0 Å². The van der Waals surface area contributed by atoms with Gasteiger partial charge in [0.1, 0.15) is 0 Å². The van der Waals surface area contributed by atoms with Crippen molar-refractivity contribution in [1.82, 2.24) is 0 Å². The van der Waals surface area contributed by atoms with Gasteiger partial charge in [-0.2, -0.15) is 0 Å². The smallest absolute Gasteiger partial charge is 0.0875 e. The maximum absolute atomic E-state index is 5.71. The van der Waals surface area contributed by atoms with E-state index in [9.17, 15) is 0 Å². The molecule has 4 fully saturated rings. The predicted molar refractivity (Wildman–Crippen MR) is 51.9 cm³/mol. The molecule has 2 aliphatic carbocycles. The molecular weight excluding hydrogens is 176 g/mol. The zero-order chi connectivity index (χ0) is 9.28. The van der Waals surface area contributed by atoms with Gasteiger partial charge in [-0.15, -0.1) is 0 Å². The minimum Gasteiger partial charge on any atom is -0.373 e. The van der Waals surface area contributed by atoms with E-state index in [1.807, 2.05) is 0 Å². The SMILES string of the molecule is CCC1CC(C2CO2)C2CC3OC3C12. The molecule has 0 radical (unpaired) electrons.